The van der Waals surface area contributed by atoms with E-state index in [1.165, 1.54) is 6.92 Å². The Balaban J connectivity index is 2.38. The Labute approximate surface area is 82.2 Å². The molecule has 0 aliphatic carbocycles. The zero-order valence-corrected chi connectivity index (χ0v) is 8.36. The fraction of sp³-hybridized carbons (Fsp3) is 0.625. The van der Waals surface area contributed by atoms with Crippen LogP contribution in [0.2, 0.25) is 0 Å². The van der Waals surface area contributed by atoms with Gasteiger partial charge in [0.1, 0.15) is 5.69 Å². The first kappa shape index (κ1) is 10.6. The summed E-state index contributed by atoms with van der Waals surface area (Å²) in [5.74, 6) is -0.0727. The van der Waals surface area contributed by atoms with Gasteiger partial charge >= 0.3 is 0 Å². The van der Waals surface area contributed by atoms with Gasteiger partial charge in [0.05, 0.1) is 25.9 Å². The van der Waals surface area contributed by atoms with Gasteiger partial charge in [0.25, 0.3) is 0 Å². The minimum Gasteiger partial charge on any atom is -0.383 e. The summed E-state index contributed by atoms with van der Waals surface area (Å²) in [6.07, 6.45) is 1.79. The lowest BCUT2D eigenvalue weighted by molar-refractivity contribution is -0.119. The Morgan fingerprint density at radius 3 is 3.14 bits per heavy atom. The van der Waals surface area contributed by atoms with E-state index in [4.69, 9.17) is 4.74 Å². The van der Waals surface area contributed by atoms with Gasteiger partial charge in [-0.15, -0.1) is 5.10 Å². The molecule has 0 aromatic carbocycles. The van der Waals surface area contributed by atoms with Crippen LogP contribution in [0.4, 0.5) is 0 Å². The van der Waals surface area contributed by atoms with E-state index >= 15 is 0 Å². The highest BCUT2D eigenvalue weighted by Crippen LogP contribution is 1.92. The van der Waals surface area contributed by atoms with Crippen molar-refractivity contribution in [2.75, 3.05) is 13.7 Å². The molecule has 0 saturated carbocycles. The molecule has 0 aliphatic rings. The summed E-state index contributed by atoms with van der Waals surface area (Å²) in [6.45, 7) is 3.16. The van der Waals surface area contributed by atoms with Gasteiger partial charge in [0.2, 0.25) is 5.91 Å². The molecular weight excluding hydrogens is 184 g/mol. The molecule has 0 aliphatic heterocycles. The molecule has 0 radical (unpaired) electrons. The summed E-state index contributed by atoms with van der Waals surface area (Å²) in [7, 11) is 1.63. The van der Waals surface area contributed by atoms with Crippen LogP contribution in [-0.4, -0.2) is 34.6 Å². The Kier molecular flexibility index (Phi) is 4.06. The highest BCUT2D eigenvalue weighted by atomic mass is 16.5. The molecule has 0 atom stereocenters. The van der Waals surface area contributed by atoms with Crippen LogP contribution < -0.4 is 5.32 Å². The van der Waals surface area contributed by atoms with Crippen LogP contribution in [0.5, 0.6) is 0 Å². The Morgan fingerprint density at radius 1 is 1.71 bits per heavy atom. The van der Waals surface area contributed by atoms with Crippen LogP contribution in [0.15, 0.2) is 6.20 Å². The van der Waals surface area contributed by atoms with E-state index in [-0.39, 0.29) is 5.91 Å². The maximum Gasteiger partial charge on any atom is 0.217 e. The van der Waals surface area contributed by atoms with Crippen LogP contribution in [0.3, 0.4) is 0 Å². The number of nitrogens with one attached hydrogen (secondary N) is 1. The van der Waals surface area contributed by atoms with Crippen LogP contribution in [0.1, 0.15) is 12.6 Å². The smallest absolute Gasteiger partial charge is 0.217 e. The van der Waals surface area contributed by atoms with Crippen molar-refractivity contribution in [2.24, 2.45) is 0 Å². The quantitative estimate of drug-likeness (QED) is 0.696. The van der Waals surface area contributed by atoms with Crippen molar-refractivity contribution in [1.29, 1.82) is 0 Å². The molecule has 1 aromatic heterocycles. The molecule has 6 nitrogen and oxygen atoms in total. The average Bonchev–Trinajstić information content (AvgIpc) is 2.59. The molecule has 1 rings (SSSR count). The number of methoxy groups -OCH3 is 1. The summed E-state index contributed by atoms with van der Waals surface area (Å²) < 4.78 is 6.58. The van der Waals surface area contributed by atoms with Crippen LogP contribution in [0, 0.1) is 0 Å². The Bertz CT molecular complexity index is 297. The lowest BCUT2D eigenvalue weighted by atomic mass is 10.4. The van der Waals surface area contributed by atoms with Crippen molar-refractivity contribution in [3.63, 3.8) is 0 Å². The third kappa shape index (κ3) is 3.53. The largest absolute Gasteiger partial charge is 0.383 e. The van der Waals surface area contributed by atoms with Gasteiger partial charge in [-0.2, -0.15) is 0 Å². The van der Waals surface area contributed by atoms with Crippen LogP contribution in [-0.2, 0) is 22.6 Å². The molecule has 1 N–H and O–H groups in total. The SMILES string of the molecule is COCCn1cc(CNC(C)=O)nn1. The first-order valence-electron chi connectivity index (χ1n) is 4.34. The molecule has 1 heterocycles. The predicted octanol–water partition coefficient (Wildman–Crippen LogP) is -0.439. The number of rotatable bonds is 5. The van der Waals surface area contributed by atoms with Gasteiger partial charge in [-0.25, -0.2) is 4.68 Å². The van der Waals surface area contributed by atoms with Gasteiger partial charge < -0.3 is 10.1 Å². The highest BCUT2D eigenvalue weighted by Gasteiger charge is 2.00. The number of carbonyl (C=O) groups excluding carboxylic acids is 1. The second kappa shape index (κ2) is 5.33. The molecule has 6 heteroatoms. The monoisotopic (exact) mass is 198 g/mol. The first-order chi connectivity index (χ1) is 6.72. The standard InChI is InChI=1S/C8H14N4O2/c1-7(13)9-5-8-6-12(11-10-8)3-4-14-2/h6H,3-5H2,1-2H3,(H,9,13). The molecule has 0 spiro atoms. The Hall–Kier alpha value is -1.43. The number of nitrogens with zero attached hydrogens (tertiary/aromatic N) is 3. The fourth-order valence-corrected chi connectivity index (χ4v) is 0.929. The average molecular weight is 198 g/mol. The summed E-state index contributed by atoms with van der Waals surface area (Å²) >= 11 is 0. The van der Waals surface area contributed by atoms with Gasteiger partial charge in [-0.3, -0.25) is 4.79 Å². The number of aromatic nitrogens is 3. The van der Waals surface area contributed by atoms with Crippen molar-refractivity contribution in [1.82, 2.24) is 20.3 Å². The number of ether oxygens (including phenoxy) is 1. The zero-order valence-electron chi connectivity index (χ0n) is 8.36. The normalized spacial score (nSPS) is 10.1. The van der Waals surface area contributed by atoms with Gasteiger partial charge in [-0.05, 0) is 0 Å². The van der Waals surface area contributed by atoms with Gasteiger partial charge in [0.15, 0.2) is 0 Å². The maximum absolute atomic E-state index is 10.6. The van der Waals surface area contributed by atoms with E-state index in [1.54, 1.807) is 18.0 Å². The zero-order chi connectivity index (χ0) is 10.4. The van der Waals surface area contributed by atoms with Gasteiger partial charge in [-0.1, -0.05) is 5.21 Å². The fourth-order valence-electron chi connectivity index (χ4n) is 0.929. The number of hydrogen-bond acceptors (Lipinski definition) is 4. The predicted molar refractivity (Wildman–Crippen MR) is 49.4 cm³/mol. The molecule has 78 valence electrons. The van der Waals surface area contributed by atoms with Crippen LogP contribution in [0.25, 0.3) is 0 Å². The lowest BCUT2D eigenvalue weighted by Crippen LogP contribution is -2.19. The van der Waals surface area contributed by atoms with Crippen molar-refractivity contribution < 1.29 is 9.53 Å². The molecule has 0 bridgehead atoms. The van der Waals surface area contributed by atoms with E-state index in [9.17, 15) is 4.79 Å². The molecule has 14 heavy (non-hydrogen) atoms. The van der Waals surface area contributed by atoms with Crippen molar-refractivity contribution in [2.45, 2.75) is 20.0 Å². The van der Waals surface area contributed by atoms with E-state index < -0.39 is 0 Å². The van der Waals surface area contributed by atoms with E-state index in [1.807, 2.05) is 0 Å². The number of carbonyl (C=O) groups is 1. The molecule has 0 saturated heterocycles. The summed E-state index contributed by atoms with van der Waals surface area (Å²) in [4.78, 5) is 10.6. The summed E-state index contributed by atoms with van der Waals surface area (Å²) in [6, 6.07) is 0. The summed E-state index contributed by atoms with van der Waals surface area (Å²) in [5, 5.41) is 10.4. The molecule has 1 aromatic rings. The maximum atomic E-state index is 10.6. The first-order valence-corrected chi connectivity index (χ1v) is 4.34. The minimum atomic E-state index is -0.0727. The lowest BCUT2D eigenvalue weighted by Gasteiger charge is -1.97. The molecule has 0 fully saturated rings. The van der Waals surface area contributed by atoms with Crippen molar-refractivity contribution >= 4 is 5.91 Å². The van der Waals surface area contributed by atoms with E-state index in [0.717, 1.165) is 5.69 Å². The van der Waals surface area contributed by atoms with Crippen molar-refractivity contribution in [3.8, 4) is 0 Å². The van der Waals surface area contributed by atoms with Crippen LogP contribution >= 0.6 is 0 Å². The minimum absolute atomic E-state index is 0.0727. The number of hydrogen-bond donors (Lipinski definition) is 1. The highest BCUT2D eigenvalue weighted by molar-refractivity contribution is 5.72. The molecule has 1 amide bonds. The number of amides is 1. The third-order valence-electron chi connectivity index (χ3n) is 1.63. The van der Waals surface area contributed by atoms with E-state index in [2.05, 4.69) is 15.6 Å². The second-order valence-corrected chi connectivity index (χ2v) is 2.88. The topological polar surface area (TPSA) is 69.0 Å². The Morgan fingerprint density at radius 2 is 2.50 bits per heavy atom. The van der Waals surface area contributed by atoms with Crippen molar-refractivity contribution in [3.05, 3.63) is 11.9 Å². The molecule has 0 unspecified atom stereocenters. The van der Waals surface area contributed by atoms with E-state index in [0.29, 0.717) is 19.7 Å². The second-order valence-electron chi connectivity index (χ2n) is 2.88. The van der Waals surface area contributed by atoms with Gasteiger partial charge in [0, 0.05) is 14.0 Å². The summed E-state index contributed by atoms with van der Waals surface area (Å²) in [5.41, 5.74) is 0.747. The molecular formula is C8H14N4O2. The third-order valence-corrected chi connectivity index (χ3v) is 1.63.